The molecule has 0 amide bonds. The van der Waals surface area contributed by atoms with Crippen molar-refractivity contribution in [2.24, 2.45) is 5.92 Å². The van der Waals surface area contributed by atoms with Crippen LogP contribution in [0.1, 0.15) is 44.7 Å². The summed E-state index contributed by atoms with van der Waals surface area (Å²) in [5.74, 6) is 0.985. The summed E-state index contributed by atoms with van der Waals surface area (Å²) in [4.78, 5) is 0. The smallest absolute Gasteiger partial charge is 0.0129 e. The number of rotatable bonds is 2. The largest absolute Gasteiger partial charge is 0.0620 e. The Morgan fingerprint density at radius 2 is 1.79 bits per heavy atom. The second-order valence-corrected chi connectivity index (χ2v) is 5.55. The second-order valence-electron chi connectivity index (χ2n) is 5.55. The monoisotopic (exact) mass is 188 g/mol. The van der Waals surface area contributed by atoms with Crippen molar-refractivity contribution in [3.05, 3.63) is 35.4 Å². The van der Waals surface area contributed by atoms with Gasteiger partial charge >= 0.3 is 0 Å². The van der Waals surface area contributed by atoms with Crippen LogP contribution in [0.15, 0.2) is 24.3 Å². The molecular formula is C14H20. The predicted octanol–water partition coefficient (Wildman–Crippen LogP) is 3.94. The van der Waals surface area contributed by atoms with Gasteiger partial charge in [0.1, 0.15) is 0 Å². The Kier molecular flexibility index (Phi) is 2.38. The quantitative estimate of drug-likeness (QED) is 0.659. The zero-order valence-electron chi connectivity index (χ0n) is 9.51. The molecule has 1 saturated carbocycles. The molecule has 0 aliphatic heterocycles. The molecule has 0 bridgehead atoms. The van der Waals surface area contributed by atoms with Gasteiger partial charge in [-0.1, -0.05) is 45.0 Å². The Hall–Kier alpha value is -0.780. The van der Waals surface area contributed by atoms with E-state index >= 15 is 0 Å². The Balaban J connectivity index is 2.27. The molecule has 0 saturated heterocycles. The van der Waals surface area contributed by atoms with Gasteiger partial charge in [-0.2, -0.15) is 0 Å². The topological polar surface area (TPSA) is 0 Å². The zero-order valence-corrected chi connectivity index (χ0v) is 9.51. The van der Waals surface area contributed by atoms with Crippen LogP contribution in [-0.2, 0) is 11.8 Å². The van der Waals surface area contributed by atoms with E-state index in [2.05, 4.69) is 45.0 Å². The molecule has 1 aliphatic rings. The van der Waals surface area contributed by atoms with Gasteiger partial charge in [-0.3, -0.25) is 0 Å². The Labute approximate surface area is 87.3 Å². The highest BCUT2D eigenvalue weighted by molar-refractivity contribution is 5.33. The van der Waals surface area contributed by atoms with E-state index in [-0.39, 0.29) is 0 Å². The number of benzene rings is 1. The SMILES string of the molecule is CC(C)(C)c1ccccc1CC1CC1. The molecule has 0 spiro atoms. The van der Waals surface area contributed by atoms with E-state index in [0.29, 0.717) is 5.41 Å². The van der Waals surface area contributed by atoms with Crippen molar-refractivity contribution in [1.82, 2.24) is 0 Å². The first kappa shape index (κ1) is 9.76. The van der Waals surface area contributed by atoms with E-state index < -0.39 is 0 Å². The minimum absolute atomic E-state index is 0.297. The molecule has 2 rings (SSSR count). The maximum Gasteiger partial charge on any atom is -0.0129 e. The van der Waals surface area contributed by atoms with E-state index in [4.69, 9.17) is 0 Å². The molecule has 1 aromatic carbocycles. The minimum Gasteiger partial charge on any atom is -0.0620 e. The molecule has 0 atom stereocenters. The highest BCUT2D eigenvalue weighted by atomic mass is 14.3. The van der Waals surface area contributed by atoms with E-state index in [1.54, 1.807) is 5.56 Å². The molecule has 1 aromatic rings. The predicted molar refractivity (Wildman–Crippen MR) is 61.6 cm³/mol. The highest BCUT2D eigenvalue weighted by Crippen LogP contribution is 2.35. The molecule has 1 fully saturated rings. The minimum atomic E-state index is 0.297. The first-order valence-electron chi connectivity index (χ1n) is 5.66. The summed E-state index contributed by atoms with van der Waals surface area (Å²) in [7, 11) is 0. The van der Waals surface area contributed by atoms with Gasteiger partial charge in [0.15, 0.2) is 0 Å². The normalized spacial score (nSPS) is 17.1. The number of hydrogen-bond acceptors (Lipinski definition) is 0. The summed E-state index contributed by atoms with van der Waals surface area (Å²) >= 11 is 0. The highest BCUT2D eigenvalue weighted by Gasteiger charge is 2.25. The van der Waals surface area contributed by atoms with Crippen LogP contribution in [0.4, 0.5) is 0 Å². The maximum atomic E-state index is 2.30. The van der Waals surface area contributed by atoms with Crippen molar-refractivity contribution in [2.45, 2.75) is 45.4 Å². The lowest BCUT2D eigenvalue weighted by molar-refractivity contribution is 0.579. The van der Waals surface area contributed by atoms with Crippen molar-refractivity contribution in [3.8, 4) is 0 Å². The molecule has 14 heavy (non-hydrogen) atoms. The summed E-state index contributed by atoms with van der Waals surface area (Å²) in [6.07, 6.45) is 4.18. The molecule has 0 nitrogen and oxygen atoms in total. The van der Waals surface area contributed by atoms with Crippen LogP contribution in [0.3, 0.4) is 0 Å². The lowest BCUT2D eigenvalue weighted by Gasteiger charge is -2.22. The number of hydrogen-bond donors (Lipinski definition) is 0. The van der Waals surface area contributed by atoms with E-state index in [0.717, 1.165) is 5.92 Å². The second kappa shape index (κ2) is 3.42. The van der Waals surface area contributed by atoms with Crippen LogP contribution < -0.4 is 0 Å². The summed E-state index contributed by atoms with van der Waals surface area (Å²) in [6, 6.07) is 8.93. The van der Waals surface area contributed by atoms with Crippen LogP contribution in [0, 0.1) is 5.92 Å². The fraction of sp³-hybridized carbons (Fsp3) is 0.571. The first-order chi connectivity index (χ1) is 6.57. The van der Waals surface area contributed by atoms with Crippen molar-refractivity contribution < 1.29 is 0 Å². The average Bonchev–Trinajstić information content (AvgIpc) is 2.87. The van der Waals surface area contributed by atoms with Crippen LogP contribution in [-0.4, -0.2) is 0 Å². The van der Waals surface area contributed by atoms with Crippen LogP contribution in [0.5, 0.6) is 0 Å². The van der Waals surface area contributed by atoms with E-state index in [9.17, 15) is 0 Å². The van der Waals surface area contributed by atoms with Gasteiger partial charge in [0.2, 0.25) is 0 Å². The molecule has 0 heterocycles. The van der Waals surface area contributed by atoms with E-state index in [1.165, 1.54) is 24.8 Å². The average molecular weight is 188 g/mol. The summed E-state index contributed by atoms with van der Waals surface area (Å²) in [6.45, 7) is 6.91. The third-order valence-corrected chi connectivity index (χ3v) is 3.03. The Bertz CT molecular complexity index is 313. The van der Waals surface area contributed by atoms with Gasteiger partial charge in [-0.25, -0.2) is 0 Å². The summed E-state index contributed by atoms with van der Waals surface area (Å²) in [5.41, 5.74) is 3.40. The van der Waals surface area contributed by atoms with Gasteiger partial charge in [0, 0.05) is 0 Å². The molecular weight excluding hydrogens is 168 g/mol. The van der Waals surface area contributed by atoms with Crippen molar-refractivity contribution in [3.63, 3.8) is 0 Å². The van der Waals surface area contributed by atoms with Crippen LogP contribution in [0.25, 0.3) is 0 Å². The molecule has 0 unspecified atom stereocenters. The Morgan fingerprint density at radius 1 is 1.14 bits per heavy atom. The van der Waals surface area contributed by atoms with Gasteiger partial charge in [0.25, 0.3) is 0 Å². The molecule has 0 aromatic heterocycles. The lowest BCUT2D eigenvalue weighted by Crippen LogP contribution is -2.14. The molecule has 1 aliphatic carbocycles. The lowest BCUT2D eigenvalue weighted by atomic mass is 9.82. The molecule has 76 valence electrons. The zero-order chi connectivity index (χ0) is 10.2. The van der Waals surface area contributed by atoms with Crippen molar-refractivity contribution in [1.29, 1.82) is 0 Å². The summed E-state index contributed by atoms with van der Waals surface area (Å²) in [5, 5.41) is 0. The van der Waals surface area contributed by atoms with Gasteiger partial charge in [-0.05, 0) is 41.7 Å². The van der Waals surface area contributed by atoms with Crippen LogP contribution >= 0.6 is 0 Å². The third kappa shape index (κ3) is 2.17. The molecule has 0 N–H and O–H groups in total. The fourth-order valence-corrected chi connectivity index (χ4v) is 2.06. The van der Waals surface area contributed by atoms with Crippen LogP contribution in [0.2, 0.25) is 0 Å². The third-order valence-electron chi connectivity index (χ3n) is 3.03. The molecule has 0 heteroatoms. The Morgan fingerprint density at radius 3 is 2.36 bits per heavy atom. The van der Waals surface area contributed by atoms with Crippen molar-refractivity contribution in [2.75, 3.05) is 0 Å². The van der Waals surface area contributed by atoms with Gasteiger partial charge in [0.05, 0.1) is 0 Å². The first-order valence-corrected chi connectivity index (χ1v) is 5.66. The standard InChI is InChI=1S/C14H20/c1-14(2,3)13-7-5-4-6-12(13)10-11-8-9-11/h4-7,11H,8-10H2,1-3H3. The molecule has 0 radical (unpaired) electrons. The maximum absolute atomic E-state index is 2.30. The summed E-state index contributed by atoms with van der Waals surface area (Å²) < 4.78 is 0. The van der Waals surface area contributed by atoms with E-state index in [1.807, 2.05) is 0 Å². The van der Waals surface area contributed by atoms with Gasteiger partial charge < -0.3 is 0 Å². The van der Waals surface area contributed by atoms with Crippen molar-refractivity contribution >= 4 is 0 Å². The fourth-order valence-electron chi connectivity index (χ4n) is 2.06. The van der Waals surface area contributed by atoms with Gasteiger partial charge in [-0.15, -0.1) is 0 Å².